The Bertz CT molecular complexity index is 1430. The fourth-order valence-electron chi connectivity index (χ4n) is 10.6. The first-order chi connectivity index (χ1) is 39.2. The van der Waals surface area contributed by atoms with E-state index in [9.17, 15) is 15.0 Å². The van der Waals surface area contributed by atoms with E-state index in [4.69, 9.17) is 0 Å². The first kappa shape index (κ1) is 76.3. The number of allylic oxidation sites excluding steroid dienone is 16. The Hall–Kier alpha value is -2.69. The largest absolute Gasteiger partial charge is 0.394 e. The van der Waals surface area contributed by atoms with Crippen molar-refractivity contribution in [3.8, 4) is 0 Å². The van der Waals surface area contributed by atoms with Crippen molar-refractivity contribution >= 4 is 5.91 Å². The first-order valence-electron chi connectivity index (χ1n) is 34.9. The van der Waals surface area contributed by atoms with Crippen LogP contribution in [0, 0.1) is 0 Å². The molecule has 0 aromatic heterocycles. The molecule has 458 valence electrons. The fraction of sp³-hybridized carbons (Fsp3) is 0.773. The maximum Gasteiger partial charge on any atom is 0.220 e. The van der Waals surface area contributed by atoms with Crippen LogP contribution in [0.2, 0.25) is 0 Å². The van der Waals surface area contributed by atoms with E-state index in [1.165, 1.54) is 250 Å². The molecule has 0 aromatic carbocycles. The summed E-state index contributed by atoms with van der Waals surface area (Å²) in [5, 5.41) is 23.5. The number of unbranched alkanes of at least 4 members (excludes halogenated alkanes) is 41. The fourth-order valence-corrected chi connectivity index (χ4v) is 10.6. The van der Waals surface area contributed by atoms with Crippen LogP contribution in [0.5, 0.6) is 0 Å². The minimum absolute atomic E-state index is 0.0320. The molecular weight excluding hydrogens is 963 g/mol. The minimum Gasteiger partial charge on any atom is -0.394 e. The van der Waals surface area contributed by atoms with Crippen molar-refractivity contribution < 1.29 is 15.0 Å². The summed E-state index contributed by atoms with van der Waals surface area (Å²) in [4.78, 5) is 12.6. The van der Waals surface area contributed by atoms with Gasteiger partial charge in [0.2, 0.25) is 5.91 Å². The van der Waals surface area contributed by atoms with E-state index in [1.54, 1.807) is 0 Å². The van der Waals surface area contributed by atoms with E-state index >= 15 is 0 Å². The van der Waals surface area contributed by atoms with Crippen molar-refractivity contribution in [3.05, 3.63) is 97.2 Å². The summed E-state index contributed by atoms with van der Waals surface area (Å²) in [6.07, 6.45) is 103. The molecule has 79 heavy (non-hydrogen) atoms. The third-order valence-electron chi connectivity index (χ3n) is 15.9. The molecule has 0 fully saturated rings. The first-order valence-corrected chi connectivity index (χ1v) is 34.9. The van der Waals surface area contributed by atoms with Gasteiger partial charge >= 0.3 is 0 Å². The van der Waals surface area contributed by atoms with Gasteiger partial charge in [0.1, 0.15) is 0 Å². The van der Waals surface area contributed by atoms with Gasteiger partial charge in [-0.2, -0.15) is 0 Å². The van der Waals surface area contributed by atoms with Crippen molar-refractivity contribution in [2.75, 3.05) is 6.61 Å². The topological polar surface area (TPSA) is 69.6 Å². The normalized spacial score (nSPS) is 13.3. The van der Waals surface area contributed by atoms with Crippen LogP contribution in [0.3, 0.4) is 0 Å². The Labute approximate surface area is 494 Å². The molecule has 0 spiro atoms. The van der Waals surface area contributed by atoms with Gasteiger partial charge in [0.25, 0.3) is 0 Å². The molecule has 0 heterocycles. The van der Waals surface area contributed by atoms with Crippen molar-refractivity contribution in [3.63, 3.8) is 0 Å². The number of hydrogen-bond acceptors (Lipinski definition) is 3. The molecule has 4 nitrogen and oxygen atoms in total. The lowest BCUT2D eigenvalue weighted by Crippen LogP contribution is -2.45. The molecule has 2 unspecified atom stereocenters. The lowest BCUT2D eigenvalue weighted by atomic mass is 10.0. The summed E-state index contributed by atoms with van der Waals surface area (Å²) < 4.78 is 0. The quantitative estimate of drug-likeness (QED) is 0.0420. The van der Waals surface area contributed by atoms with E-state index in [1.807, 2.05) is 0 Å². The van der Waals surface area contributed by atoms with Crippen molar-refractivity contribution in [2.45, 2.75) is 366 Å². The van der Waals surface area contributed by atoms with Crippen LogP contribution in [0.15, 0.2) is 97.2 Å². The summed E-state index contributed by atoms with van der Waals surface area (Å²) in [5.74, 6) is -0.0320. The molecule has 0 aliphatic heterocycles. The highest BCUT2D eigenvalue weighted by Crippen LogP contribution is 2.19. The molecule has 0 aliphatic carbocycles. The van der Waals surface area contributed by atoms with Gasteiger partial charge in [-0.25, -0.2) is 0 Å². The van der Waals surface area contributed by atoms with Crippen LogP contribution >= 0.6 is 0 Å². The molecule has 0 aliphatic rings. The molecule has 4 heteroatoms. The molecule has 3 N–H and O–H groups in total. The number of nitrogens with one attached hydrogen (secondary N) is 1. The molecule has 0 radical (unpaired) electrons. The van der Waals surface area contributed by atoms with Crippen LogP contribution in [0.4, 0.5) is 0 Å². The van der Waals surface area contributed by atoms with E-state index in [0.717, 1.165) is 77.0 Å². The summed E-state index contributed by atoms with van der Waals surface area (Å²) in [6.45, 7) is 4.27. The molecule has 1 amide bonds. The van der Waals surface area contributed by atoms with Gasteiger partial charge in [-0.05, 0) is 77.0 Å². The molecule has 0 saturated carbocycles. The maximum atomic E-state index is 12.6. The number of hydrogen-bond donors (Lipinski definition) is 3. The lowest BCUT2D eigenvalue weighted by molar-refractivity contribution is -0.123. The van der Waals surface area contributed by atoms with Gasteiger partial charge in [-0.3, -0.25) is 4.79 Å². The Balaban J connectivity index is 3.48. The zero-order chi connectivity index (χ0) is 56.9. The van der Waals surface area contributed by atoms with Gasteiger partial charge in [-0.15, -0.1) is 0 Å². The number of carbonyl (C=O) groups excluding carboxylic acids is 1. The van der Waals surface area contributed by atoms with Gasteiger partial charge in [-0.1, -0.05) is 368 Å². The predicted octanol–water partition coefficient (Wildman–Crippen LogP) is 24.0. The maximum absolute atomic E-state index is 12.6. The summed E-state index contributed by atoms with van der Waals surface area (Å²) >= 11 is 0. The highest BCUT2D eigenvalue weighted by Gasteiger charge is 2.20. The molecule has 0 saturated heterocycles. The second-order valence-electron chi connectivity index (χ2n) is 23.6. The van der Waals surface area contributed by atoms with Crippen LogP contribution in [0.25, 0.3) is 0 Å². The van der Waals surface area contributed by atoms with Crippen LogP contribution in [0.1, 0.15) is 354 Å². The molecular formula is C75H135NO3. The number of carbonyl (C=O) groups is 1. The molecule has 0 bridgehead atoms. The van der Waals surface area contributed by atoms with Crippen molar-refractivity contribution in [2.24, 2.45) is 0 Å². The smallest absolute Gasteiger partial charge is 0.220 e. The Morgan fingerprint density at radius 3 is 0.835 bits per heavy atom. The number of aliphatic hydroxyl groups excluding tert-OH is 2. The van der Waals surface area contributed by atoms with Crippen LogP contribution < -0.4 is 5.32 Å². The molecule has 2 atom stereocenters. The Morgan fingerprint density at radius 2 is 0.557 bits per heavy atom. The molecule has 0 rings (SSSR count). The molecule has 0 aromatic rings. The highest BCUT2D eigenvalue weighted by molar-refractivity contribution is 5.76. The summed E-state index contributed by atoms with van der Waals surface area (Å²) in [7, 11) is 0. The third-order valence-corrected chi connectivity index (χ3v) is 15.9. The zero-order valence-corrected chi connectivity index (χ0v) is 52.9. The predicted molar refractivity (Wildman–Crippen MR) is 354 cm³/mol. The SMILES string of the molecule is CC/C=C\C/C=C\C/C=C\C/C=C\C/C=C\C/C=C\C/C=C\C/C=C\CCCCCCCCCCCCCCC(=O)NC(CO)C(O)CCCCCCCCCCCCCCCCCCCCCCCCCCCCCCCC. The van der Waals surface area contributed by atoms with Crippen LogP contribution in [-0.2, 0) is 4.79 Å². The van der Waals surface area contributed by atoms with Gasteiger partial charge in [0.05, 0.1) is 18.8 Å². The monoisotopic (exact) mass is 1100 g/mol. The van der Waals surface area contributed by atoms with Crippen LogP contribution in [-0.4, -0.2) is 34.9 Å². The Morgan fingerprint density at radius 1 is 0.316 bits per heavy atom. The zero-order valence-electron chi connectivity index (χ0n) is 52.9. The van der Waals surface area contributed by atoms with E-state index in [0.29, 0.717) is 12.8 Å². The van der Waals surface area contributed by atoms with Gasteiger partial charge in [0.15, 0.2) is 0 Å². The Kier molecular flexibility index (Phi) is 67.2. The summed E-state index contributed by atoms with van der Waals surface area (Å²) in [5.41, 5.74) is 0. The van der Waals surface area contributed by atoms with Gasteiger partial charge in [0, 0.05) is 6.42 Å². The summed E-state index contributed by atoms with van der Waals surface area (Å²) in [6, 6.07) is -0.545. The average molecular weight is 1100 g/mol. The van der Waals surface area contributed by atoms with E-state index in [-0.39, 0.29) is 12.5 Å². The standard InChI is InChI=1S/C75H135NO3/c1-3-5-7-9-11-13-15-17-19-21-23-25-27-29-31-33-35-36-37-38-39-40-41-43-45-47-49-51-53-55-57-59-61-63-65-67-69-71-75(79)76-73(72-77)74(78)70-68-66-64-62-60-58-56-54-52-50-48-46-44-42-34-32-30-28-26-24-22-20-18-16-14-12-10-8-6-4-2/h5,7,11,13,17,19,23,25,29,31,35-36,38-39,41,43,73-74,77-78H,3-4,6,8-10,12,14-16,18,20-22,24,26-28,30,32-34,37,40,42,44-72H2,1-2H3,(H,76,79)/b7-5-,13-11-,19-17-,25-23-,31-29-,36-35-,39-38-,43-41-. The number of aliphatic hydroxyl groups is 2. The number of amides is 1. The van der Waals surface area contributed by atoms with E-state index < -0.39 is 12.1 Å². The average Bonchev–Trinajstić information content (AvgIpc) is 3.45. The van der Waals surface area contributed by atoms with Crippen molar-refractivity contribution in [1.29, 1.82) is 0 Å². The highest BCUT2D eigenvalue weighted by atomic mass is 16.3. The lowest BCUT2D eigenvalue weighted by Gasteiger charge is -2.22. The third kappa shape index (κ3) is 66.0. The minimum atomic E-state index is -0.668. The van der Waals surface area contributed by atoms with Gasteiger partial charge < -0.3 is 15.5 Å². The van der Waals surface area contributed by atoms with E-state index in [2.05, 4.69) is 116 Å². The second-order valence-corrected chi connectivity index (χ2v) is 23.6. The van der Waals surface area contributed by atoms with Crippen molar-refractivity contribution in [1.82, 2.24) is 5.32 Å². The second kappa shape index (κ2) is 69.6. The number of rotatable bonds is 64.